The molecule has 0 rings (SSSR count). The van der Waals surface area contributed by atoms with Crippen LogP contribution in [0.4, 0.5) is 0 Å². The quantitative estimate of drug-likeness (QED) is 0.0320. The summed E-state index contributed by atoms with van der Waals surface area (Å²) in [5.74, 6) is -0.0400. The highest BCUT2D eigenvalue weighted by molar-refractivity contribution is 5.76. The van der Waals surface area contributed by atoms with Gasteiger partial charge < -0.3 is 20.3 Å². The molecule has 2 unspecified atom stereocenters. The Labute approximate surface area is 494 Å². The maximum absolute atomic E-state index is 12.5. The van der Waals surface area contributed by atoms with E-state index in [-0.39, 0.29) is 18.5 Å². The second-order valence-electron chi connectivity index (χ2n) is 24.9. The molecule has 79 heavy (non-hydrogen) atoms. The van der Waals surface area contributed by atoms with Crippen LogP contribution in [0.15, 0.2) is 24.3 Å². The molecule has 0 aromatic rings. The van der Waals surface area contributed by atoms with Crippen molar-refractivity contribution in [2.75, 3.05) is 13.2 Å². The van der Waals surface area contributed by atoms with Crippen LogP contribution >= 0.6 is 0 Å². The Kier molecular flexibility index (Phi) is 67.4. The predicted octanol–water partition coefficient (Wildman–Crippen LogP) is 23.3. The van der Waals surface area contributed by atoms with Gasteiger partial charge in [-0.25, -0.2) is 0 Å². The monoisotopic (exact) mass is 1110 g/mol. The van der Waals surface area contributed by atoms with E-state index in [1.54, 1.807) is 6.08 Å². The first-order valence-electron chi connectivity index (χ1n) is 36.1. The molecule has 0 aliphatic rings. The minimum Gasteiger partial charge on any atom is -0.466 e. The van der Waals surface area contributed by atoms with E-state index >= 15 is 0 Å². The summed E-state index contributed by atoms with van der Waals surface area (Å²) < 4.78 is 5.48. The van der Waals surface area contributed by atoms with Crippen LogP contribution in [0.5, 0.6) is 0 Å². The van der Waals surface area contributed by atoms with Crippen LogP contribution in [0.25, 0.3) is 0 Å². The lowest BCUT2D eigenvalue weighted by molar-refractivity contribution is -0.143. The first-order chi connectivity index (χ1) is 39.0. The molecule has 0 aromatic carbocycles. The summed E-state index contributed by atoms with van der Waals surface area (Å²) in [5, 5.41) is 23.1. The number of carbonyl (C=O) groups is 2. The summed E-state index contributed by atoms with van der Waals surface area (Å²) in [7, 11) is 0. The Hall–Kier alpha value is -1.66. The maximum atomic E-state index is 12.5. The number of allylic oxidation sites excluding steroid dienone is 3. The normalized spacial score (nSPS) is 12.6. The van der Waals surface area contributed by atoms with Crippen molar-refractivity contribution in [3.05, 3.63) is 24.3 Å². The highest BCUT2D eigenvalue weighted by Gasteiger charge is 2.18. The second kappa shape index (κ2) is 68.8. The molecular weight excluding hydrogens is 971 g/mol. The van der Waals surface area contributed by atoms with Crippen molar-refractivity contribution < 1.29 is 24.5 Å². The number of amides is 1. The van der Waals surface area contributed by atoms with Crippen LogP contribution in [-0.2, 0) is 14.3 Å². The lowest BCUT2D eigenvalue weighted by atomic mass is 10.0. The molecule has 6 heteroatoms. The molecule has 0 radical (unpaired) electrons. The fourth-order valence-electron chi connectivity index (χ4n) is 11.5. The summed E-state index contributed by atoms with van der Waals surface area (Å²) in [6, 6.07) is -0.623. The lowest BCUT2D eigenvalue weighted by Crippen LogP contribution is -2.45. The van der Waals surface area contributed by atoms with Gasteiger partial charge in [-0.2, -0.15) is 0 Å². The maximum Gasteiger partial charge on any atom is 0.305 e. The van der Waals surface area contributed by atoms with E-state index in [0.29, 0.717) is 19.4 Å². The summed E-state index contributed by atoms with van der Waals surface area (Å²) in [6.07, 6.45) is 87.2. The van der Waals surface area contributed by atoms with Crippen molar-refractivity contribution in [2.24, 2.45) is 0 Å². The molecule has 1 amide bonds. The summed E-state index contributed by atoms with van der Waals surface area (Å²) in [6.45, 7) is 4.92. The number of rotatable bonds is 68. The third kappa shape index (κ3) is 65.4. The minimum absolute atomic E-state index is 0.0224. The predicted molar refractivity (Wildman–Crippen MR) is 347 cm³/mol. The Balaban J connectivity index is 3.31. The highest BCUT2D eigenvalue weighted by atomic mass is 16.5. The van der Waals surface area contributed by atoms with E-state index in [1.165, 1.54) is 340 Å². The van der Waals surface area contributed by atoms with Crippen LogP contribution < -0.4 is 5.32 Å². The van der Waals surface area contributed by atoms with Gasteiger partial charge in [-0.15, -0.1) is 0 Å². The van der Waals surface area contributed by atoms with Crippen molar-refractivity contribution in [1.82, 2.24) is 5.32 Å². The first kappa shape index (κ1) is 77.3. The second-order valence-corrected chi connectivity index (χ2v) is 24.9. The Bertz CT molecular complexity index is 1230. The molecule has 0 aliphatic heterocycles. The van der Waals surface area contributed by atoms with Gasteiger partial charge in [-0.1, -0.05) is 359 Å². The van der Waals surface area contributed by atoms with Gasteiger partial charge in [0.2, 0.25) is 5.91 Å². The van der Waals surface area contributed by atoms with Crippen molar-refractivity contribution in [1.29, 1.82) is 0 Å². The topological polar surface area (TPSA) is 95.9 Å². The number of hydrogen-bond acceptors (Lipinski definition) is 5. The lowest BCUT2D eigenvalue weighted by Gasteiger charge is -2.20. The average Bonchev–Trinajstić information content (AvgIpc) is 3.45. The summed E-state index contributed by atoms with van der Waals surface area (Å²) in [4.78, 5) is 24.5. The fraction of sp³-hybridized carbons (Fsp3) is 0.918. The number of aliphatic hydroxyl groups excluding tert-OH is 2. The molecule has 0 heterocycles. The number of nitrogens with one attached hydrogen (secondary N) is 1. The summed E-state index contributed by atoms with van der Waals surface area (Å²) in [5.41, 5.74) is 0. The van der Waals surface area contributed by atoms with Gasteiger partial charge >= 0.3 is 5.97 Å². The Morgan fingerprint density at radius 2 is 0.595 bits per heavy atom. The number of esters is 1. The average molecular weight is 1110 g/mol. The smallest absolute Gasteiger partial charge is 0.305 e. The molecule has 0 bridgehead atoms. The van der Waals surface area contributed by atoms with Crippen LogP contribution in [-0.4, -0.2) is 47.4 Å². The van der Waals surface area contributed by atoms with Gasteiger partial charge in [0.25, 0.3) is 0 Å². The van der Waals surface area contributed by atoms with E-state index in [9.17, 15) is 19.8 Å². The van der Waals surface area contributed by atoms with E-state index in [2.05, 4.69) is 31.3 Å². The fourth-order valence-corrected chi connectivity index (χ4v) is 11.5. The van der Waals surface area contributed by atoms with E-state index in [1.807, 2.05) is 6.08 Å². The highest BCUT2D eigenvalue weighted by Crippen LogP contribution is 2.19. The number of unbranched alkanes of at least 4 members (excludes halogenated alkanes) is 55. The zero-order valence-corrected chi connectivity index (χ0v) is 53.6. The number of ether oxygens (including phenoxy) is 1. The molecule has 468 valence electrons. The van der Waals surface area contributed by atoms with Gasteiger partial charge in [0, 0.05) is 12.8 Å². The number of hydrogen-bond donors (Lipinski definition) is 3. The van der Waals surface area contributed by atoms with Crippen molar-refractivity contribution >= 4 is 11.9 Å². The number of aliphatic hydroxyl groups is 2. The third-order valence-electron chi connectivity index (χ3n) is 17.0. The molecular formula is C73H141NO5. The largest absolute Gasteiger partial charge is 0.466 e. The Morgan fingerprint density at radius 3 is 0.899 bits per heavy atom. The van der Waals surface area contributed by atoms with Gasteiger partial charge in [-0.3, -0.25) is 9.59 Å². The van der Waals surface area contributed by atoms with Crippen molar-refractivity contribution in [3.63, 3.8) is 0 Å². The molecule has 0 aromatic heterocycles. The van der Waals surface area contributed by atoms with Gasteiger partial charge in [0.15, 0.2) is 0 Å². The van der Waals surface area contributed by atoms with Crippen LogP contribution in [0.1, 0.15) is 406 Å². The van der Waals surface area contributed by atoms with E-state index in [0.717, 1.165) is 38.5 Å². The van der Waals surface area contributed by atoms with E-state index in [4.69, 9.17) is 4.74 Å². The molecule has 0 aliphatic carbocycles. The van der Waals surface area contributed by atoms with Gasteiger partial charge in [0.1, 0.15) is 0 Å². The number of carbonyl (C=O) groups excluding carboxylic acids is 2. The van der Waals surface area contributed by atoms with Crippen molar-refractivity contribution in [2.45, 2.75) is 418 Å². The zero-order chi connectivity index (χ0) is 57.1. The van der Waals surface area contributed by atoms with Crippen LogP contribution in [0.2, 0.25) is 0 Å². The molecule has 3 N–H and O–H groups in total. The molecule has 6 nitrogen and oxygen atoms in total. The SMILES string of the molecule is CCCCCCCCCCCC/C=C/C(O)C(CO)NC(=O)CCCCCCCCCCCCCCCCCCC/C=C\CCCCCCCCCCCCCCCCCCCCOC(=O)CCCCCCCCCCCCC. The Morgan fingerprint density at radius 1 is 0.342 bits per heavy atom. The summed E-state index contributed by atoms with van der Waals surface area (Å²) >= 11 is 0. The third-order valence-corrected chi connectivity index (χ3v) is 17.0. The molecule has 0 fully saturated rings. The molecule has 2 atom stereocenters. The minimum atomic E-state index is -0.840. The van der Waals surface area contributed by atoms with Gasteiger partial charge in [0.05, 0.1) is 25.4 Å². The van der Waals surface area contributed by atoms with Crippen LogP contribution in [0, 0.1) is 0 Å². The van der Waals surface area contributed by atoms with Gasteiger partial charge in [-0.05, 0) is 57.8 Å². The molecule has 0 saturated heterocycles. The van der Waals surface area contributed by atoms with Crippen molar-refractivity contribution in [3.8, 4) is 0 Å². The van der Waals surface area contributed by atoms with Crippen LogP contribution in [0.3, 0.4) is 0 Å². The first-order valence-corrected chi connectivity index (χ1v) is 36.1. The standard InChI is InChI=1S/C73H141NO5/c1-3-5-7-9-11-13-15-46-49-53-57-61-65-71(76)70(69-75)74-72(77)66-62-58-54-50-47-43-41-39-37-35-33-31-29-27-25-23-21-19-17-16-18-20-22-24-26-28-30-32-34-36-38-40-42-44-48-52-56-60-64-68-79-73(78)67-63-59-55-51-45-14-12-10-8-6-4-2/h16-17,61,65,70-71,75-76H,3-15,18-60,62-64,66-69H2,1-2H3,(H,74,77)/b17-16-,65-61+. The zero-order valence-electron chi connectivity index (χ0n) is 53.6. The van der Waals surface area contributed by atoms with E-state index < -0.39 is 12.1 Å². The molecule has 0 spiro atoms. The molecule has 0 saturated carbocycles.